The fourth-order valence-corrected chi connectivity index (χ4v) is 2.33. The minimum absolute atomic E-state index is 0.155. The third-order valence-corrected chi connectivity index (χ3v) is 3.39. The molecule has 0 N–H and O–H groups in total. The summed E-state index contributed by atoms with van der Waals surface area (Å²) in [5.74, 6) is 0.119. The van der Waals surface area contributed by atoms with Gasteiger partial charge < -0.3 is 4.90 Å². The minimum Gasteiger partial charge on any atom is -0.309 e. The highest BCUT2D eigenvalue weighted by atomic mass is 16.1. The lowest BCUT2D eigenvalue weighted by molar-refractivity contribution is -0.119. The first-order valence-electron chi connectivity index (χ1n) is 6.96. The fourth-order valence-electron chi connectivity index (χ4n) is 2.33. The van der Waals surface area contributed by atoms with Crippen LogP contribution in [-0.4, -0.2) is 31.3 Å². The molecule has 0 saturated heterocycles. The first-order valence-corrected chi connectivity index (χ1v) is 6.96. The van der Waals surface area contributed by atoms with E-state index in [9.17, 15) is 4.79 Å². The van der Waals surface area contributed by atoms with Gasteiger partial charge in [0.25, 0.3) is 0 Å². The van der Waals surface area contributed by atoms with Gasteiger partial charge in [0.15, 0.2) is 0 Å². The predicted molar refractivity (Wildman–Crippen MR) is 82.9 cm³/mol. The summed E-state index contributed by atoms with van der Waals surface area (Å²) in [4.78, 5) is 14.7. The second kappa shape index (κ2) is 7.01. The maximum absolute atomic E-state index is 12.6. The molecular weight excluding hydrogens is 246 g/mol. The number of hydrogen-bond donors (Lipinski definition) is 0. The monoisotopic (exact) mass is 267 g/mol. The quantitative estimate of drug-likeness (QED) is 0.800. The van der Waals surface area contributed by atoms with Crippen molar-refractivity contribution in [2.75, 3.05) is 20.6 Å². The Hall–Kier alpha value is -1.93. The second-order valence-corrected chi connectivity index (χ2v) is 5.27. The summed E-state index contributed by atoms with van der Waals surface area (Å²) in [6.45, 7) is 0.787. The molecule has 0 aliphatic rings. The van der Waals surface area contributed by atoms with Crippen LogP contribution in [0.4, 0.5) is 0 Å². The van der Waals surface area contributed by atoms with Crippen LogP contribution >= 0.6 is 0 Å². The number of ketones is 1. The van der Waals surface area contributed by atoms with E-state index in [1.807, 2.05) is 79.7 Å². The topological polar surface area (TPSA) is 20.3 Å². The van der Waals surface area contributed by atoms with E-state index in [1.165, 1.54) is 0 Å². The van der Waals surface area contributed by atoms with Crippen LogP contribution in [0, 0.1) is 0 Å². The molecule has 0 heterocycles. The Kier molecular flexibility index (Phi) is 5.08. The molecule has 0 spiro atoms. The summed E-state index contributed by atoms with van der Waals surface area (Å²) in [7, 11) is 3.99. The molecular formula is C18H21NO. The van der Waals surface area contributed by atoms with E-state index < -0.39 is 0 Å². The Morgan fingerprint density at radius 2 is 1.35 bits per heavy atom. The lowest BCUT2D eigenvalue weighted by Crippen LogP contribution is -2.21. The van der Waals surface area contributed by atoms with Crippen molar-refractivity contribution in [2.24, 2.45) is 0 Å². The Labute approximate surface area is 121 Å². The highest BCUT2D eigenvalue weighted by Crippen LogP contribution is 2.26. The predicted octanol–water partition coefficient (Wildman–Crippen LogP) is 3.34. The number of nitrogens with zero attached hydrogens (tertiary/aromatic N) is 1. The average molecular weight is 267 g/mol. The second-order valence-electron chi connectivity index (χ2n) is 5.27. The van der Waals surface area contributed by atoms with Crippen LogP contribution in [0.25, 0.3) is 0 Å². The van der Waals surface area contributed by atoms with E-state index in [4.69, 9.17) is 0 Å². The number of benzene rings is 2. The van der Waals surface area contributed by atoms with Crippen LogP contribution in [0.5, 0.6) is 0 Å². The first-order chi connectivity index (χ1) is 9.68. The van der Waals surface area contributed by atoms with Crippen molar-refractivity contribution < 1.29 is 4.79 Å². The van der Waals surface area contributed by atoms with Gasteiger partial charge in [-0.05, 0) is 25.2 Å². The molecule has 0 unspecified atom stereocenters. The smallest absolute Gasteiger partial charge is 0.146 e. The molecule has 104 valence electrons. The van der Waals surface area contributed by atoms with Crippen molar-refractivity contribution in [3.63, 3.8) is 0 Å². The van der Waals surface area contributed by atoms with Crippen LogP contribution in [-0.2, 0) is 4.79 Å². The molecule has 0 aromatic heterocycles. The lowest BCUT2D eigenvalue weighted by atomic mass is 9.86. The van der Waals surface area contributed by atoms with Crippen molar-refractivity contribution in [1.29, 1.82) is 0 Å². The van der Waals surface area contributed by atoms with Crippen LogP contribution in [0.3, 0.4) is 0 Å². The molecule has 2 rings (SSSR count). The van der Waals surface area contributed by atoms with Gasteiger partial charge in [0.2, 0.25) is 0 Å². The van der Waals surface area contributed by atoms with Gasteiger partial charge in [0.1, 0.15) is 5.78 Å². The molecule has 0 amide bonds. The third-order valence-electron chi connectivity index (χ3n) is 3.39. The van der Waals surface area contributed by atoms with Crippen molar-refractivity contribution in [1.82, 2.24) is 4.90 Å². The molecule has 0 aliphatic carbocycles. The van der Waals surface area contributed by atoms with Crippen molar-refractivity contribution in [3.8, 4) is 0 Å². The van der Waals surface area contributed by atoms with Crippen molar-refractivity contribution in [3.05, 3.63) is 71.8 Å². The maximum Gasteiger partial charge on any atom is 0.146 e. The number of carbonyl (C=O) groups excluding carboxylic acids is 1. The largest absolute Gasteiger partial charge is 0.309 e. The average Bonchev–Trinajstić information content (AvgIpc) is 2.48. The molecule has 0 atom stereocenters. The lowest BCUT2D eigenvalue weighted by Gasteiger charge is -2.18. The maximum atomic E-state index is 12.6. The van der Waals surface area contributed by atoms with Gasteiger partial charge in [0, 0.05) is 13.0 Å². The van der Waals surface area contributed by atoms with Gasteiger partial charge in [0.05, 0.1) is 5.92 Å². The van der Waals surface area contributed by atoms with Crippen LogP contribution in [0.2, 0.25) is 0 Å². The van der Waals surface area contributed by atoms with E-state index in [1.54, 1.807) is 0 Å². The van der Waals surface area contributed by atoms with E-state index in [0.29, 0.717) is 6.42 Å². The summed E-state index contributed by atoms with van der Waals surface area (Å²) in [5, 5.41) is 0. The zero-order valence-electron chi connectivity index (χ0n) is 12.1. The summed E-state index contributed by atoms with van der Waals surface area (Å²) < 4.78 is 0. The van der Waals surface area contributed by atoms with Gasteiger partial charge in [-0.2, -0.15) is 0 Å². The summed E-state index contributed by atoms with van der Waals surface area (Å²) >= 11 is 0. The molecule has 20 heavy (non-hydrogen) atoms. The Morgan fingerprint density at radius 1 is 0.900 bits per heavy atom. The number of Topliss-reactive ketones (excluding diaryl/α,β-unsaturated/α-hetero) is 1. The molecule has 0 bridgehead atoms. The molecule has 0 saturated carbocycles. The number of carbonyl (C=O) groups is 1. The van der Waals surface area contributed by atoms with Gasteiger partial charge in [-0.3, -0.25) is 4.79 Å². The summed E-state index contributed by atoms with van der Waals surface area (Å²) in [6, 6.07) is 20.1. The van der Waals surface area contributed by atoms with E-state index in [-0.39, 0.29) is 11.7 Å². The highest BCUT2D eigenvalue weighted by molar-refractivity contribution is 5.89. The Balaban J connectivity index is 2.28. The van der Waals surface area contributed by atoms with E-state index in [2.05, 4.69) is 0 Å². The molecule has 2 aromatic carbocycles. The molecule has 0 radical (unpaired) electrons. The van der Waals surface area contributed by atoms with E-state index in [0.717, 1.165) is 17.7 Å². The van der Waals surface area contributed by atoms with Crippen LogP contribution in [0.1, 0.15) is 23.5 Å². The van der Waals surface area contributed by atoms with Gasteiger partial charge in [-0.25, -0.2) is 0 Å². The number of hydrogen-bond acceptors (Lipinski definition) is 2. The first kappa shape index (κ1) is 14.5. The fraction of sp³-hybridized carbons (Fsp3) is 0.278. The van der Waals surface area contributed by atoms with Gasteiger partial charge in [-0.15, -0.1) is 0 Å². The standard InChI is InChI=1S/C18H21NO/c1-19(2)14-13-17(20)18(15-9-5-3-6-10-15)16-11-7-4-8-12-16/h3-12,18H,13-14H2,1-2H3. The van der Waals surface area contributed by atoms with Crippen molar-refractivity contribution >= 4 is 5.78 Å². The Morgan fingerprint density at radius 3 is 1.75 bits per heavy atom. The zero-order chi connectivity index (χ0) is 14.4. The molecule has 2 heteroatoms. The van der Waals surface area contributed by atoms with Gasteiger partial charge in [-0.1, -0.05) is 60.7 Å². The normalized spacial score (nSPS) is 11.0. The minimum atomic E-state index is -0.155. The van der Waals surface area contributed by atoms with Gasteiger partial charge >= 0.3 is 0 Å². The zero-order valence-corrected chi connectivity index (χ0v) is 12.1. The SMILES string of the molecule is CN(C)CCC(=O)C(c1ccccc1)c1ccccc1. The van der Waals surface area contributed by atoms with E-state index >= 15 is 0 Å². The van der Waals surface area contributed by atoms with Crippen LogP contribution in [0.15, 0.2) is 60.7 Å². The molecule has 2 nitrogen and oxygen atoms in total. The van der Waals surface area contributed by atoms with Crippen LogP contribution < -0.4 is 0 Å². The summed E-state index contributed by atoms with van der Waals surface area (Å²) in [6.07, 6.45) is 0.571. The third kappa shape index (κ3) is 3.78. The molecule has 2 aromatic rings. The molecule has 0 aliphatic heterocycles. The summed E-state index contributed by atoms with van der Waals surface area (Å²) in [5.41, 5.74) is 2.14. The number of rotatable bonds is 6. The highest BCUT2D eigenvalue weighted by Gasteiger charge is 2.21. The van der Waals surface area contributed by atoms with Crippen molar-refractivity contribution in [2.45, 2.75) is 12.3 Å². The Bertz CT molecular complexity index is 494. The molecule has 0 fully saturated rings.